The van der Waals surface area contributed by atoms with E-state index in [0.29, 0.717) is 0 Å². The van der Waals surface area contributed by atoms with Crippen LogP contribution in [0.4, 0.5) is 8.78 Å². The number of rotatable bonds is 2. The highest BCUT2D eigenvalue weighted by atomic mass is 19.3. The molecule has 0 spiro atoms. The van der Waals surface area contributed by atoms with Crippen molar-refractivity contribution in [2.24, 2.45) is 5.41 Å². The van der Waals surface area contributed by atoms with Gasteiger partial charge in [0.15, 0.2) is 0 Å². The Bertz CT molecular complexity index is 176. The second-order valence-corrected chi connectivity index (χ2v) is 5.03. The first-order chi connectivity index (χ1) is 5.71. The maximum atomic E-state index is 12.5. The topological polar surface area (TPSA) is 9.23 Å². The second-order valence-electron chi connectivity index (χ2n) is 5.03. The molecule has 0 aromatic rings. The van der Waals surface area contributed by atoms with Gasteiger partial charge in [0.05, 0.1) is 12.2 Å². The quantitative estimate of drug-likeness (QED) is 0.652. The Kier molecular flexibility index (Phi) is 2.68. The summed E-state index contributed by atoms with van der Waals surface area (Å²) in [7, 11) is 0. The van der Waals surface area contributed by atoms with E-state index in [-0.39, 0.29) is 30.5 Å². The molecule has 0 amide bonds. The van der Waals surface area contributed by atoms with E-state index in [1.54, 1.807) is 0 Å². The summed E-state index contributed by atoms with van der Waals surface area (Å²) >= 11 is 0. The molecule has 78 valence electrons. The van der Waals surface area contributed by atoms with E-state index < -0.39 is 5.92 Å². The maximum Gasteiger partial charge on any atom is 0.253 e. The van der Waals surface area contributed by atoms with Crippen molar-refractivity contribution in [1.29, 1.82) is 0 Å². The second kappa shape index (κ2) is 3.19. The van der Waals surface area contributed by atoms with Crippen molar-refractivity contribution in [2.45, 2.75) is 58.7 Å². The molecule has 0 saturated heterocycles. The summed E-state index contributed by atoms with van der Waals surface area (Å²) in [6.45, 7) is 8.09. The van der Waals surface area contributed by atoms with Crippen LogP contribution in [0.3, 0.4) is 0 Å². The predicted molar refractivity (Wildman–Crippen MR) is 48.0 cm³/mol. The maximum absolute atomic E-state index is 12.5. The van der Waals surface area contributed by atoms with E-state index in [1.165, 1.54) is 0 Å². The van der Waals surface area contributed by atoms with Crippen molar-refractivity contribution >= 4 is 0 Å². The van der Waals surface area contributed by atoms with Gasteiger partial charge in [-0.15, -0.1) is 0 Å². The van der Waals surface area contributed by atoms with Gasteiger partial charge in [-0.25, -0.2) is 8.78 Å². The number of hydrogen-bond acceptors (Lipinski definition) is 1. The molecule has 1 fully saturated rings. The smallest absolute Gasteiger partial charge is 0.253 e. The molecule has 3 heteroatoms. The molecular formula is C10H18F2O. The van der Waals surface area contributed by atoms with Crippen molar-refractivity contribution in [2.75, 3.05) is 0 Å². The molecule has 0 unspecified atom stereocenters. The molecule has 0 N–H and O–H groups in total. The summed E-state index contributed by atoms with van der Waals surface area (Å²) in [6, 6.07) is 0. The molecule has 1 aliphatic carbocycles. The fourth-order valence-corrected chi connectivity index (χ4v) is 1.20. The van der Waals surface area contributed by atoms with Crippen molar-refractivity contribution in [3.63, 3.8) is 0 Å². The first kappa shape index (κ1) is 10.9. The van der Waals surface area contributed by atoms with Gasteiger partial charge in [0.1, 0.15) is 0 Å². The average Bonchev–Trinajstić information content (AvgIpc) is 1.80. The van der Waals surface area contributed by atoms with Crippen LogP contribution in [0.2, 0.25) is 0 Å². The molecule has 13 heavy (non-hydrogen) atoms. The van der Waals surface area contributed by atoms with Crippen LogP contribution in [-0.4, -0.2) is 18.1 Å². The minimum absolute atomic E-state index is 0.0326. The zero-order valence-corrected chi connectivity index (χ0v) is 8.73. The average molecular weight is 192 g/mol. The Morgan fingerprint density at radius 3 is 2.08 bits per heavy atom. The van der Waals surface area contributed by atoms with Crippen LogP contribution < -0.4 is 0 Å². The lowest BCUT2D eigenvalue weighted by atomic mass is 9.87. The van der Waals surface area contributed by atoms with Crippen molar-refractivity contribution in [1.82, 2.24) is 0 Å². The Labute approximate surface area is 78.5 Å². The Hall–Kier alpha value is -0.180. The number of hydrogen-bond donors (Lipinski definition) is 0. The Morgan fingerprint density at radius 1 is 1.31 bits per heavy atom. The highest BCUT2D eigenvalue weighted by Gasteiger charge is 2.47. The van der Waals surface area contributed by atoms with Gasteiger partial charge < -0.3 is 4.74 Å². The third-order valence-corrected chi connectivity index (χ3v) is 2.67. The molecule has 0 heterocycles. The van der Waals surface area contributed by atoms with Gasteiger partial charge in [-0.05, 0) is 12.3 Å². The van der Waals surface area contributed by atoms with E-state index in [1.807, 2.05) is 6.92 Å². The van der Waals surface area contributed by atoms with Crippen LogP contribution in [0.1, 0.15) is 40.5 Å². The molecule has 1 rings (SSSR count). The van der Waals surface area contributed by atoms with E-state index in [4.69, 9.17) is 4.74 Å². The zero-order valence-electron chi connectivity index (χ0n) is 8.73. The molecule has 0 aromatic heterocycles. The predicted octanol–water partition coefficient (Wildman–Crippen LogP) is 3.24. The molecule has 0 radical (unpaired) electrons. The lowest BCUT2D eigenvalue weighted by Gasteiger charge is -2.39. The van der Waals surface area contributed by atoms with Gasteiger partial charge in [-0.1, -0.05) is 20.8 Å². The van der Waals surface area contributed by atoms with Gasteiger partial charge in [0.25, 0.3) is 5.92 Å². The molecular weight excluding hydrogens is 174 g/mol. The third-order valence-electron chi connectivity index (χ3n) is 2.67. The van der Waals surface area contributed by atoms with Gasteiger partial charge in [-0.3, -0.25) is 0 Å². The highest BCUT2D eigenvalue weighted by Crippen LogP contribution is 2.41. The third kappa shape index (κ3) is 2.90. The van der Waals surface area contributed by atoms with Crippen molar-refractivity contribution < 1.29 is 13.5 Å². The van der Waals surface area contributed by atoms with Crippen LogP contribution in [-0.2, 0) is 4.74 Å². The molecule has 1 saturated carbocycles. The van der Waals surface area contributed by atoms with Gasteiger partial charge >= 0.3 is 0 Å². The van der Waals surface area contributed by atoms with E-state index in [0.717, 1.165) is 0 Å². The first-order valence-corrected chi connectivity index (χ1v) is 4.74. The molecule has 0 bridgehead atoms. The first-order valence-electron chi connectivity index (χ1n) is 4.74. The number of ether oxygens (including phenoxy) is 1. The van der Waals surface area contributed by atoms with E-state index in [9.17, 15) is 8.78 Å². The number of alkyl halides is 2. The molecule has 1 atom stereocenters. The Morgan fingerprint density at radius 2 is 1.77 bits per heavy atom. The normalized spacial score (nSPS) is 25.4. The summed E-state index contributed by atoms with van der Waals surface area (Å²) in [4.78, 5) is 0. The molecule has 1 aliphatic rings. The summed E-state index contributed by atoms with van der Waals surface area (Å²) in [5.41, 5.74) is 0.0326. The fourth-order valence-electron chi connectivity index (χ4n) is 1.20. The van der Waals surface area contributed by atoms with Gasteiger partial charge in [0, 0.05) is 12.8 Å². The van der Waals surface area contributed by atoms with Crippen molar-refractivity contribution in [3.8, 4) is 0 Å². The standard InChI is InChI=1S/C10H18F2O/c1-7(9(2,3)4)13-8-5-10(11,12)6-8/h7-8H,5-6H2,1-4H3/t7-/m1/s1. The summed E-state index contributed by atoms with van der Waals surface area (Å²) in [5, 5.41) is 0. The highest BCUT2D eigenvalue weighted by molar-refractivity contribution is 4.88. The van der Waals surface area contributed by atoms with Crippen LogP contribution in [0.15, 0.2) is 0 Å². The summed E-state index contributed by atoms with van der Waals surface area (Å²) in [5.74, 6) is -2.47. The minimum Gasteiger partial charge on any atom is -0.374 e. The van der Waals surface area contributed by atoms with Crippen LogP contribution in [0, 0.1) is 5.41 Å². The lowest BCUT2D eigenvalue weighted by Crippen LogP contribution is -2.44. The SMILES string of the molecule is C[C@@H](OC1CC(F)(F)C1)C(C)(C)C. The zero-order chi connectivity index (χ0) is 10.3. The van der Waals surface area contributed by atoms with Crippen molar-refractivity contribution in [3.05, 3.63) is 0 Å². The fraction of sp³-hybridized carbons (Fsp3) is 1.00. The lowest BCUT2D eigenvalue weighted by molar-refractivity contribution is -0.192. The van der Waals surface area contributed by atoms with Gasteiger partial charge in [-0.2, -0.15) is 0 Å². The molecule has 1 nitrogen and oxygen atoms in total. The largest absolute Gasteiger partial charge is 0.374 e. The summed E-state index contributed by atoms with van der Waals surface area (Å²) in [6.07, 6.45) is -0.404. The Balaban J connectivity index is 2.28. The monoisotopic (exact) mass is 192 g/mol. The van der Waals surface area contributed by atoms with E-state index in [2.05, 4.69) is 20.8 Å². The molecule has 0 aromatic carbocycles. The van der Waals surface area contributed by atoms with Crippen LogP contribution >= 0.6 is 0 Å². The van der Waals surface area contributed by atoms with Crippen LogP contribution in [0.25, 0.3) is 0 Å². The summed E-state index contributed by atoms with van der Waals surface area (Å²) < 4.78 is 30.4. The van der Waals surface area contributed by atoms with E-state index >= 15 is 0 Å². The number of halogens is 2. The molecule has 0 aliphatic heterocycles. The van der Waals surface area contributed by atoms with Gasteiger partial charge in [0.2, 0.25) is 0 Å². The van der Waals surface area contributed by atoms with Crippen LogP contribution in [0.5, 0.6) is 0 Å². The minimum atomic E-state index is -2.47.